The molecule has 2 nitrogen and oxygen atoms in total. The van der Waals surface area contributed by atoms with Crippen LogP contribution in [0.5, 0.6) is 0 Å². The Bertz CT molecular complexity index is 515. The fourth-order valence-corrected chi connectivity index (χ4v) is 5.38. The molecule has 0 aliphatic carbocycles. The van der Waals surface area contributed by atoms with Crippen molar-refractivity contribution in [2.24, 2.45) is 5.41 Å². The number of carbonyl (C=O) groups excluding carboxylic acids is 1. The van der Waals surface area contributed by atoms with Crippen LogP contribution in [0, 0.1) is 5.41 Å². The standard InChI is InChI=1S/C18H25NOSe/c1-5-18(3)11-16(20)17(2,13-19(18)4)14-21-12-15-9-7-6-8-10-15/h5-10H,1,11-14H2,2-4H3. The fraction of sp³-hybridized carbons (Fsp3) is 0.500. The zero-order chi connectivity index (χ0) is 15.5. The molecule has 1 aromatic rings. The number of benzene rings is 1. The molecule has 1 aliphatic rings. The number of ketones is 1. The van der Waals surface area contributed by atoms with Crippen molar-refractivity contribution in [1.29, 1.82) is 0 Å². The Hall–Kier alpha value is -0.891. The number of carbonyl (C=O) groups is 1. The van der Waals surface area contributed by atoms with E-state index < -0.39 is 0 Å². The van der Waals surface area contributed by atoms with Gasteiger partial charge in [-0.1, -0.05) is 0 Å². The number of hydrogen-bond donors (Lipinski definition) is 0. The van der Waals surface area contributed by atoms with Crippen LogP contribution in [-0.2, 0) is 10.1 Å². The third-order valence-corrected chi connectivity index (χ3v) is 7.51. The van der Waals surface area contributed by atoms with E-state index in [1.807, 2.05) is 12.1 Å². The van der Waals surface area contributed by atoms with Crippen LogP contribution in [0.25, 0.3) is 0 Å². The summed E-state index contributed by atoms with van der Waals surface area (Å²) in [5, 5.41) is 2.13. The molecule has 2 unspecified atom stereocenters. The summed E-state index contributed by atoms with van der Waals surface area (Å²) in [6, 6.07) is 10.6. The summed E-state index contributed by atoms with van der Waals surface area (Å²) < 4.78 is 0. The number of nitrogens with zero attached hydrogens (tertiary/aromatic N) is 1. The monoisotopic (exact) mass is 351 g/mol. The van der Waals surface area contributed by atoms with Crippen LogP contribution in [0.1, 0.15) is 25.8 Å². The molecule has 2 rings (SSSR count). The van der Waals surface area contributed by atoms with Crippen LogP contribution in [0.4, 0.5) is 0 Å². The number of likely N-dealkylation sites (tertiary alicyclic amines) is 1. The number of rotatable bonds is 5. The Balaban J connectivity index is 1.96. The topological polar surface area (TPSA) is 20.3 Å². The van der Waals surface area contributed by atoms with Gasteiger partial charge in [0.25, 0.3) is 0 Å². The third-order valence-electron chi connectivity index (χ3n) is 4.62. The van der Waals surface area contributed by atoms with E-state index in [1.165, 1.54) is 5.56 Å². The summed E-state index contributed by atoms with van der Waals surface area (Å²) in [6.07, 6.45) is 2.50. The molecular formula is C18H25NOSe. The van der Waals surface area contributed by atoms with Crippen molar-refractivity contribution < 1.29 is 4.79 Å². The zero-order valence-electron chi connectivity index (χ0n) is 13.3. The fourth-order valence-electron chi connectivity index (χ4n) is 2.79. The molecule has 1 fully saturated rings. The second-order valence-corrected chi connectivity index (χ2v) is 8.62. The van der Waals surface area contributed by atoms with E-state index in [-0.39, 0.29) is 11.0 Å². The average molecular weight is 350 g/mol. The van der Waals surface area contributed by atoms with Gasteiger partial charge < -0.3 is 0 Å². The number of likely N-dealkylation sites (N-methyl/N-ethyl adjacent to an activating group) is 1. The van der Waals surface area contributed by atoms with E-state index in [0.717, 1.165) is 17.2 Å². The first-order chi connectivity index (χ1) is 9.89. The van der Waals surface area contributed by atoms with Gasteiger partial charge in [0.1, 0.15) is 0 Å². The van der Waals surface area contributed by atoms with Crippen molar-refractivity contribution in [2.45, 2.75) is 36.4 Å². The van der Waals surface area contributed by atoms with Gasteiger partial charge in [0, 0.05) is 0 Å². The second kappa shape index (κ2) is 6.48. The summed E-state index contributed by atoms with van der Waals surface area (Å²) in [5.41, 5.74) is 1.02. The molecule has 2 atom stereocenters. The molecule has 0 N–H and O–H groups in total. The van der Waals surface area contributed by atoms with Gasteiger partial charge in [-0.2, -0.15) is 0 Å². The van der Waals surface area contributed by atoms with E-state index in [2.05, 4.69) is 56.6 Å². The van der Waals surface area contributed by atoms with E-state index >= 15 is 0 Å². The maximum absolute atomic E-state index is 12.6. The van der Waals surface area contributed by atoms with Gasteiger partial charge in [0.2, 0.25) is 0 Å². The van der Waals surface area contributed by atoms with Gasteiger partial charge in [-0.05, 0) is 0 Å². The third kappa shape index (κ3) is 3.66. The van der Waals surface area contributed by atoms with Crippen LogP contribution < -0.4 is 0 Å². The summed E-state index contributed by atoms with van der Waals surface area (Å²) >= 11 is 0.467. The SMILES string of the molecule is C=CC1(C)CC(=O)C(C)(C[Se]Cc2ccccc2)CN1C. The molecule has 114 valence electrons. The Morgan fingerprint density at radius 2 is 2.00 bits per heavy atom. The van der Waals surface area contributed by atoms with Crippen LogP contribution in [0.2, 0.25) is 5.32 Å². The van der Waals surface area contributed by atoms with Crippen molar-refractivity contribution in [1.82, 2.24) is 4.90 Å². The molecule has 1 aliphatic heterocycles. The normalized spacial score (nSPS) is 30.3. The molecule has 1 heterocycles. The molecule has 1 aromatic carbocycles. The molecular weight excluding hydrogens is 325 g/mol. The van der Waals surface area contributed by atoms with Gasteiger partial charge >= 0.3 is 134 Å². The molecule has 0 aromatic heterocycles. The molecule has 3 heteroatoms. The predicted molar refractivity (Wildman–Crippen MR) is 89.7 cm³/mol. The molecule has 0 saturated carbocycles. The van der Waals surface area contributed by atoms with Crippen LogP contribution in [0.15, 0.2) is 43.0 Å². The van der Waals surface area contributed by atoms with Crippen LogP contribution >= 0.6 is 0 Å². The zero-order valence-corrected chi connectivity index (χ0v) is 15.0. The van der Waals surface area contributed by atoms with Gasteiger partial charge in [0.15, 0.2) is 0 Å². The number of Topliss-reactive ketones (excluding diaryl/α,β-unsaturated/α-hetero) is 1. The average Bonchev–Trinajstić information content (AvgIpc) is 2.46. The summed E-state index contributed by atoms with van der Waals surface area (Å²) in [5.74, 6) is 0.401. The van der Waals surface area contributed by atoms with E-state index in [9.17, 15) is 4.79 Å². The van der Waals surface area contributed by atoms with E-state index in [4.69, 9.17) is 0 Å². The van der Waals surface area contributed by atoms with Crippen molar-refractivity contribution in [3.8, 4) is 0 Å². The van der Waals surface area contributed by atoms with Gasteiger partial charge in [0.05, 0.1) is 0 Å². The van der Waals surface area contributed by atoms with E-state index in [0.29, 0.717) is 27.2 Å². The Kier molecular flexibility index (Phi) is 5.08. The Labute approximate surface area is 134 Å². The Morgan fingerprint density at radius 3 is 2.62 bits per heavy atom. The van der Waals surface area contributed by atoms with Crippen LogP contribution in [0.3, 0.4) is 0 Å². The second-order valence-electron chi connectivity index (χ2n) is 6.56. The molecule has 1 saturated heterocycles. The van der Waals surface area contributed by atoms with Crippen LogP contribution in [-0.4, -0.2) is 44.8 Å². The molecule has 0 amide bonds. The summed E-state index contributed by atoms with van der Waals surface area (Å²) in [6.45, 7) is 8.98. The van der Waals surface area contributed by atoms with Crippen molar-refractivity contribution in [3.63, 3.8) is 0 Å². The van der Waals surface area contributed by atoms with Gasteiger partial charge in [-0.25, -0.2) is 0 Å². The quantitative estimate of drug-likeness (QED) is 0.601. The van der Waals surface area contributed by atoms with Gasteiger partial charge in [-0.3, -0.25) is 0 Å². The predicted octanol–water partition coefficient (Wildman–Crippen LogP) is 3.16. The molecule has 0 radical (unpaired) electrons. The van der Waals surface area contributed by atoms with Crippen molar-refractivity contribution in [2.75, 3.05) is 13.6 Å². The number of piperidine rings is 1. The minimum absolute atomic E-state index is 0.178. The first kappa shape index (κ1) is 16.5. The first-order valence-electron chi connectivity index (χ1n) is 7.39. The van der Waals surface area contributed by atoms with Crippen molar-refractivity contribution >= 4 is 20.7 Å². The van der Waals surface area contributed by atoms with E-state index in [1.54, 1.807) is 0 Å². The molecule has 0 spiro atoms. The summed E-state index contributed by atoms with van der Waals surface area (Å²) in [4.78, 5) is 14.9. The molecule has 21 heavy (non-hydrogen) atoms. The minimum atomic E-state index is -0.188. The summed E-state index contributed by atoms with van der Waals surface area (Å²) in [7, 11) is 2.11. The Morgan fingerprint density at radius 1 is 1.33 bits per heavy atom. The number of hydrogen-bond acceptors (Lipinski definition) is 2. The van der Waals surface area contributed by atoms with Crippen molar-refractivity contribution in [3.05, 3.63) is 48.6 Å². The maximum atomic E-state index is 12.6. The van der Waals surface area contributed by atoms with Gasteiger partial charge in [-0.15, -0.1) is 0 Å². The first-order valence-corrected chi connectivity index (χ1v) is 9.82. The molecule has 0 bridgehead atoms.